The average Bonchev–Trinajstić information content (AvgIpc) is 3.02. The lowest BCUT2D eigenvalue weighted by Crippen LogP contribution is -2.31. The molecule has 0 unspecified atom stereocenters. The maximum Gasteiger partial charge on any atom is 0.302 e. The quantitative estimate of drug-likeness (QED) is 0.208. The van der Waals surface area contributed by atoms with Crippen LogP contribution in [0.15, 0.2) is 12.7 Å². The van der Waals surface area contributed by atoms with Crippen molar-refractivity contribution in [1.82, 2.24) is 0 Å². The summed E-state index contributed by atoms with van der Waals surface area (Å²) >= 11 is 0. The molecule has 1 rings (SSSR count). The third kappa shape index (κ3) is 10.3. The van der Waals surface area contributed by atoms with Gasteiger partial charge in [-0.1, -0.05) is 51.5 Å². The molecule has 0 radical (unpaired) electrons. The molecule has 0 amide bonds. The smallest absolute Gasteiger partial charge is 0.302 e. The van der Waals surface area contributed by atoms with E-state index in [0.717, 1.165) is 51.4 Å². The topological polar surface area (TPSA) is 61.8 Å². The van der Waals surface area contributed by atoms with E-state index in [1.807, 2.05) is 6.08 Å². The number of carbonyl (C=O) groups excluding carboxylic acids is 2. The molecule has 1 aliphatic rings. The third-order valence-corrected chi connectivity index (χ3v) is 5.27. The lowest BCUT2D eigenvalue weighted by molar-refractivity contribution is -0.155. The lowest BCUT2D eigenvalue weighted by atomic mass is 10.00. The number of unbranched alkanes of at least 4 members (excludes halogenated alkanes) is 7. The molecule has 0 saturated carbocycles. The van der Waals surface area contributed by atoms with Crippen LogP contribution in [0.2, 0.25) is 0 Å². The zero-order valence-electron chi connectivity index (χ0n) is 18.1. The van der Waals surface area contributed by atoms with Crippen LogP contribution in [-0.4, -0.2) is 36.4 Å². The monoisotopic (exact) mass is 396 g/mol. The van der Waals surface area contributed by atoms with Gasteiger partial charge in [0.25, 0.3) is 0 Å². The molecule has 1 heterocycles. The van der Waals surface area contributed by atoms with Crippen molar-refractivity contribution < 1.29 is 23.8 Å². The molecule has 0 aromatic rings. The minimum absolute atomic E-state index is 0.0996. The van der Waals surface area contributed by atoms with Crippen molar-refractivity contribution >= 4 is 11.9 Å². The van der Waals surface area contributed by atoms with Crippen LogP contribution in [0.25, 0.3) is 0 Å². The summed E-state index contributed by atoms with van der Waals surface area (Å²) in [5.41, 5.74) is 0. The Balaban J connectivity index is 2.55. The molecule has 1 saturated heterocycles. The molecule has 5 nitrogen and oxygen atoms in total. The molecule has 0 N–H and O–H groups in total. The Hall–Kier alpha value is -1.36. The summed E-state index contributed by atoms with van der Waals surface area (Å²) in [5.74, 6) is -0.559. The first-order chi connectivity index (χ1) is 13.5. The molecule has 0 aromatic carbocycles. The second-order valence-corrected chi connectivity index (χ2v) is 7.87. The van der Waals surface area contributed by atoms with Crippen molar-refractivity contribution in [2.24, 2.45) is 0 Å². The van der Waals surface area contributed by atoms with Crippen LogP contribution in [0.1, 0.15) is 97.8 Å². The van der Waals surface area contributed by atoms with Crippen LogP contribution in [0.3, 0.4) is 0 Å². The van der Waals surface area contributed by atoms with Crippen molar-refractivity contribution in [1.29, 1.82) is 0 Å². The van der Waals surface area contributed by atoms with E-state index in [4.69, 9.17) is 14.2 Å². The van der Waals surface area contributed by atoms with Gasteiger partial charge in [-0.25, -0.2) is 0 Å². The number of esters is 2. The molecule has 1 fully saturated rings. The largest absolute Gasteiger partial charge is 0.460 e. The van der Waals surface area contributed by atoms with Gasteiger partial charge in [0.1, 0.15) is 12.2 Å². The molecule has 0 spiro atoms. The molecule has 0 aliphatic carbocycles. The van der Waals surface area contributed by atoms with E-state index in [2.05, 4.69) is 13.5 Å². The lowest BCUT2D eigenvalue weighted by Gasteiger charge is -2.23. The second kappa shape index (κ2) is 14.6. The first-order valence-corrected chi connectivity index (χ1v) is 11.1. The number of allylic oxidation sites excluding steroid dienone is 1. The molecular formula is C23H40O5. The molecule has 1 aliphatic heterocycles. The highest BCUT2D eigenvalue weighted by Gasteiger charge is 2.41. The van der Waals surface area contributed by atoms with Crippen LogP contribution in [-0.2, 0) is 23.8 Å². The molecule has 4 atom stereocenters. The highest BCUT2D eigenvalue weighted by molar-refractivity contribution is 5.66. The predicted octanol–water partition coefficient (Wildman–Crippen LogP) is 5.50. The molecule has 0 bridgehead atoms. The Morgan fingerprint density at radius 2 is 1.79 bits per heavy atom. The summed E-state index contributed by atoms with van der Waals surface area (Å²) in [7, 11) is 0. The predicted molar refractivity (Wildman–Crippen MR) is 111 cm³/mol. The van der Waals surface area contributed by atoms with E-state index in [9.17, 15) is 9.59 Å². The first kappa shape index (κ1) is 24.7. The molecule has 162 valence electrons. The molecule has 5 heteroatoms. The SMILES string of the molecule is C=CCCCCCCC[C@@H](OC(C)=O)[C@H]1C[C@H](OC(C)=O)[C@H](CCCCC)O1. The number of hydrogen-bond acceptors (Lipinski definition) is 5. The zero-order chi connectivity index (χ0) is 20.8. The highest BCUT2D eigenvalue weighted by Crippen LogP contribution is 2.32. The van der Waals surface area contributed by atoms with Crippen molar-refractivity contribution in [3.63, 3.8) is 0 Å². The van der Waals surface area contributed by atoms with E-state index < -0.39 is 0 Å². The van der Waals surface area contributed by atoms with Gasteiger partial charge in [-0.2, -0.15) is 0 Å². The van der Waals surface area contributed by atoms with Crippen molar-refractivity contribution in [2.75, 3.05) is 0 Å². The van der Waals surface area contributed by atoms with Crippen LogP contribution in [0, 0.1) is 0 Å². The van der Waals surface area contributed by atoms with Gasteiger partial charge in [-0.05, 0) is 32.1 Å². The zero-order valence-corrected chi connectivity index (χ0v) is 18.1. The minimum Gasteiger partial charge on any atom is -0.460 e. The van der Waals surface area contributed by atoms with Gasteiger partial charge < -0.3 is 14.2 Å². The fourth-order valence-corrected chi connectivity index (χ4v) is 3.87. The van der Waals surface area contributed by atoms with Gasteiger partial charge in [-0.3, -0.25) is 9.59 Å². The summed E-state index contributed by atoms with van der Waals surface area (Å²) in [6.07, 6.45) is 13.5. The first-order valence-electron chi connectivity index (χ1n) is 11.1. The summed E-state index contributed by atoms with van der Waals surface area (Å²) in [6, 6.07) is 0. The maximum atomic E-state index is 11.6. The Morgan fingerprint density at radius 1 is 1.07 bits per heavy atom. The number of ether oxygens (including phenoxy) is 3. The standard InChI is InChI=1S/C23H40O5/c1-5-7-9-10-11-12-14-16-20(26-18(3)24)23-17-22(27-19(4)25)21(28-23)15-13-8-6-2/h5,20-23H,1,6-17H2,2-4H3/t20-,21+,22+,23-/m1/s1. The summed E-state index contributed by atoms with van der Waals surface area (Å²) in [6.45, 7) is 8.79. The van der Waals surface area contributed by atoms with Crippen molar-refractivity contribution in [3.8, 4) is 0 Å². The minimum atomic E-state index is -0.280. The van der Waals surface area contributed by atoms with Gasteiger partial charge in [-0.15, -0.1) is 6.58 Å². The van der Waals surface area contributed by atoms with Crippen molar-refractivity contribution in [2.45, 2.75) is 122 Å². The maximum absolute atomic E-state index is 11.6. The number of hydrogen-bond donors (Lipinski definition) is 0. The van der Waals surface area contributed by atoms with Crippen LogP contribution < -0.4 is 0 Å². The Labute approximate surface area is 171 Å². The fraction of sp³-hybridized carbons (Fsp3) is 0.826. The average molecular weight is 397 g/mol. The summed E-state index contributed by atoms with van der Waals surface area (Å²) in [5, 5.41) is 0. The van der Waals surface area contributed by atoms with Gasteiger partial charge >= 0.3 is 11.9 Å². The van der Waals surface area contributed by atoms with Crippen LogP contribution in [0.4, 0.5) is 0 Å². The van der Waals surface area contributed by atoms with Gasteiger partial charge in [0.05, 0.1) is 12.2 Å². The molecular weight excluding hydrogens is 356 g/mol. The Morgan fingerprint density at radius 3 is 2.43 bits per heavy atom. The fourth-order valence-electron chi connectivity index (χ4n) is 3.87. The second-order valence-electron chi connectivity index (χ2n) is 7.87. The summed E-state index contributed by atoms with van der Waals surface area (Å²) < 4.78 is 17.3. The van der Waals surface area contributed by atoms with E-state index in [1.54, 1.807) is 0 Å². The van der Waals surface area contributed by atoms with E-state index in [-0.39, 0.29) is 36.4 Å². The third-order valence-electron chi connectivity index (χ3n) is 5.27. The highest BCUT2D eigenvalue weighted by atomic mass is 16.6. The van der Waals surface area contributed by atoms with E-state index in [0.29, 0.717) is 6.42 Å². The number of rotatable bonds is 15. The van der Waals surface area contributed by atoms with Crippen LogP contribution in [0.5, 0.6) is 0 Å². The van der Waals surface area contributed by atoms with Gasteiger partial charge in [0.2, 0.25) is 0 Å². The number of carbonyl (C=O) groups is 2. The van der Waals surface area contributed by atoms with Gasteiger partial charge in [0.15, 0.2) is 0 Å². The van der Waals surface area contributed by atoms with E-state index in [1.165, 1.54) is 33.1 Å². The van der Waals surface area contributed by atoms with E-state index >= 15 is 0 Å². The van der Waals surface area contributed by atoms with Gasteiger partial charge in [0, 0.05) is 20.3 Å². The Bertz CT molecular complexity index is 462. The summed E-state index contributed by atoms with van der Waals surface area (Å²) in [4.78, 5) is 23.1. The Kier molecular flexibility index (Phi) is 12.9. The normalized spacial score (nSPS) is 22.6. The van der Waals surface area contributed by atoms with Crippen LogP contribution >= 0.6 is 0 Å². The molecule has 28 heavy (non-hydrogen) atoms. The van der Waals surface area contributed by atoms with Crippen molar-refractivity contribution in [3.05, 3.63) is 12.7 Å². The molecule has 0 aromatic heterocycles.